The largest absolute Gasteiger partial charge is 0.463 e. The third-order valence-corrected chi connectivity index (χ3v) is 3.37. The zero-order chi connectivity index (χ0) is 17.6. The SMILES string of the molecule is CCOC(=O)/C=C/[C@@H](CC[C@@H](C)OCc1ccccc1)OCOC. The van der Waals surface area contributed by atoms with Gasteiger partial charge in [-0.3, -0.25) is 0 Å². The van der Waals surface area contributed by atoms with Crippen LogP contribution in [0.5, 0.6) is 0 Å². The second-order valence-corrected chi connectivity index (χ2v) is 5.41. The topological polar surface area (TPSA) is 54.0 Å². The Kier molecular flexibility index (Phi) is 10.8. The van der Waals surface area contributed by atoms with Crippen LogP contribution >= 0.6 is 0 Å². The second-order valence-electron chi connectivity index (χ2n) is 5.41. The molecule has 0 radical (unpaired) electrons. The van der Waals surface area contributed by atoms with Crippen molar-refractivity contribution in [3.8, 4) is 0 Å². The molecule has 24 heavy (non-hydrogen) atoms. The molecule has 0 aliphatic heterocycles. The van der Waals surface area contributed by atoms with Gasteiger partial charge in [-0.1, -0.05) is 30.3 Å². The molecule has 1 rings (SSSR count). The van der Waals surface area contributed by atoms with E-state index in [1.807, 2.05) is 37.3 Å². The lowest BCUT2D eigenvalue weighted by molar-refractivity contribution is -0.137. The minimum absolute atomic E-state index is 0.0924. The molecule has 5 nitrogen and oxygen atoms in total. The lowest BCUT2D eigenvalue weighted by Crippen LogP contribution is -2.17. The van der Waals surface area contributed by atoms with E-state index in [2.05, 4.69) is 0 Å². The van der Waals surface area contributed by atoms with Crippen molar-refractivity contribution in [2.75, 3.05) is 20.5 Å². The number of benzene rings is 1. The van der Waals surface area contributed by atoms with Crippen LogP contribution in [0.2, 0.25) is 0 Å². The summed E-state index contributed by atoms with van der Waals surface area (Å²) in [6.45, 7) is 4.93. The molecule has 0 aliphatic carbocycles. The molecule has 0 N–H and O–H groups in total. The van der Waals surface area contributed by atoms with Crippen molar-refractivity contribution in [2.45, 2.75) is 45.5 Å². The average molecular weight is 336 g/mol. The Balaban J connectivity index is 2.37. The van der Waals surface area contributed by atoms with Crippen molar-refractivity contribution in [1.29, 1.82) is 0 Å². The maximum atomic E-state index is 11.4. The Morgan fingerprint density at radius 2 is 1.92 bits per heavy atom. The van der Waals surface area contributed by atoms with Gasteiger partial charge in [-0.2, -0.15) is 0 Å². The summed E-state index contributed by atoms with van der Waals surface area (Å²) in [5.41, 5.74) is 1.15. The van der Waals surface area contributed by atoms with Crippen molar-refractivity contribution in [1.82, 2.24) is 0 Å². The second kappa shape index (κ2) is 12.7. The van der Waals surface area contributed by atoms with Gasteiger partial charge < -0.3 is 18.9 Å². The van der Waals surface area contributed by atoms with Crippen LogP contribution in [0.15, 0.2) is 42.5 Å². The summed E-state index contributed by atoms with van der Waals surface area (Å²) in [5, 5.41) is 0. The van der Waals surface area contributed by atoms with Crippen LogP contribution in [-0.4, -0.2) is 38.7 Å². The average Bonchev–Trinajstić information content (AvgIpc) is 2.60. The minimum atomic E-state index is -0.364. The van der Waals surface area contributed by atoms with E-state index in [0.717, 1.165) is 18.4 Å². The molecule has 0 bridgehead atoms. The van der Waals surface area contributed by atoms with Gasteiger partial charge in [0.1, 0.15) is 6.79 Å². The highest BCUT2D eigenvalue weighted by atomic mass is 16.7. The number of hydrogen-bond donors (Lipinski definition) is 0. The molecule has 1 aromatic rings. The molecule has 0 heterocycles. The summed E-state index contributed by atoms with van der Waals surface area (Å²) < 4.78 is 21.2. The molecule has 1 aromatic carbocycles. The maximum absolute atomic E-state index is 11.4. The summed E-state index contributed by atoms with van der Waals surface area (Å²) in [4.78, 5) is 11.4. The maximum Gasteiger partial charge on any atom is 0.330 e. The standard InChI is InChI=1S/C19H28O5/c1-4-22-19(20)13-12-18(24-15-21-3)11-10-16(2)23-14-17-8-6-5-7-9-17/h5-9,12-13,16,18H,4,10-11,14-15H2,1-3H3/b13-12+/t16-,18-/m1/s1. The van der Waals surface area contributed by atoms with E-state index in [0.29, 0.717) is 13.2 Å². The molecule has 0 unspecified atom stereocenters. The number of hydrogen-bond acceptors (Lipinski definition) is 5. The van der Waals surface area contributed by atoms with Crippen LogP contribution in [0.1, 0.15) is 32.3 Å². The van der Waals surface area contributed by atoms with Gasteiger partial charge in [-0.25, -0.2) is 4.79 Å². The first kappa shape index (κ1) is 20.4. The molecular weight excluding hydrogens is 308 g/mol. The molecule has 0 saturated carbocycles. The van der Waals surface area contributed by atoms with Crippen molar-refractivity contribution in [3.05, 3.63) is 48.0 Å². The molecule has 134 valence electrons. The highest BCUT2D eigenvalue weighted by Gasteiger charge is 2.10. The Labute approximate surface area is 144 Å². The molecule has 5 heteroatoms. The highest BCUT2D eigenvalue weighted by molar-refractivity contribution is 5.81. The molecule has 0 aromatic heterocycles. The summed E-state index contributed by atoms with van der Waals surface area (Å²) in [6.07, 6.45) is 4.54. The number of rotatable bonds is 12. The smallest absolute Gasteiger partial charge is 0.330 e. The molecule has 0 fully saturated rings. The molecular formula is C19H28O5. The summed E-state index contributed by atoms with van der Waals surface area (Å²) in [7, 11) is 1.57. The fourth-order valence-electron chi connectivity index (χ4n) is 2.06. The monoisotopic (exact) mass is 336 g/mol. The van der Waals surface area contributed by atoms with Crippen LogP contribution in [0.4, 0.5) is 0 Å². The zero-order valence-corrected chi connectivity index (χ0v) is 14.8. The van der Waals surface area contributed by atoms with Crippen molar-refractivity contribution >= 4 is 5.97 Å². The number of esters is 1. The summed E-state index contributed by atoms with van der Waals surface area (Å²) >= 11 is 0. The van der Waals surface area contributed by atoms with Crippen LogP contribution in [0.25, 0.3) is 0 Å². The van der Waals surface area contributed by atoms with Gasteiger partial charge in [-0.05, 0) is 38.3 Å². The lowest BCUT2D eigenvalue weighted by atomic mass is 10.1. The normalized spacial score (nSPS) is 13.8. The van der Waals surface area contributed by atoms with Crippen molar-refractivity contribution in [2.24, 2.45) is 0 Å². The Morgan fingerprint density at radius 1 is 1.17 bits per heavy atom. The number of carbonyl (C=O) groups excluding carboxylic acids is 1. The van der Waals surface area contributed by atoms with Gasteiger partial charge in [0.05, 0.1) is 25.4 Å². The quantitative estimate of drug-likeness (QED) is 0.332. The predicted molar refractivity (Wildman–Crippen MR) is 92.4 cm³/mol. The van der Waals surface area contributed by atoms with Crippen LogP contribution in [0.3, 0.4) is 0 Å². The summed E-state index contributed by atoms with van der Waals surface area (Å²) in [5.74, 6) is -0.364. The highest BCUT2D eigenvalue weighted by Crippen LogP contribution is 2.12. The Bertz CT molecular complexity index is 472. The van der Waals surface area contributed by atoms with Gasteiger partial charge in [0.2, 0.25) is 0 Å². The van der Waals surface area contributed by atoms with Gasteiger partial charge >= 0.3 is 5.97 Å². The van der Waals surface area contributed by atoms with Crippen molar-refractivity contribution in [3.63, 3.8) is 0 Å². The van der Waals surface area contributed by atoms with E-state index in [9.17, 15) is 4.79 Å². The molecule has 0 amide bonds. The first-order valence-corrected chi connectivity index (χ1v) is 8.26. The fourth-order valence-corrected chi connectivity index (χ4v) is 2.06. The van der Waals surface area contributed by atoms with Gasteiger partial charge in [0.25, 0.3) is 0 Å². The number of methoxy groups -OCH3 is 1. The van der Waals surface area contributed by atoms with Gasteiger partial charge in [-0.15, -0.1) is 0 Å². The van der Waals surface area contributed by atoms with Crippen LogP contribution in [0, 0.1) is 0 Å². The van der Waals surface area contributed by atoms with Crippen LogP contribution < -0.4 is 0 Å². The van der Waals surface area contributed by atoms with E-state index in [-0.39, 0.29) is 25.0 Å². The fraction of sp³-hybridized carbons (Fsp3) is 0.526. The van der Waals surface area contributed by atoms with Crippen LogP contribution in [-0.2, 0) is 30.3 Å². The molecule has 2 atom stereocenters. The van der Waals surface area contributed by atoms with Gasteiger partial charge in [0, 0.05) is 13.2 Å². The van der Waals surface area contributed by atoms with Gasteiger partial charge in [0.15, 0.2) is 0 Å². The third-order valence-electron chi connectivity index (χ3n) is 3.37. The molecule has 0 aliphatic rings. The van der Waals surface area contributed by atoms with E-state index in [1.165, 1.54) is 6.08 Å². The lowest BCUT2D eigenvalue weighted by Gasteiger charge is -2.17. The molecule has 0 spiro atoms. The Morgan fingerprint density at radius 3 is 2.58 bits per heavy atom. The first-order chi connectivity index (χ1) is 11.7. The van der Waals surface area contributed by atoms with E-state index in [1.54, 1.807) is 20.1 Å². The van der Waals surface area contributed by atoms with E-state index >= 15 is 0 Å². The third kappa shape index (κ3) is 9.45. The molecule has 0 saturated heterocycles. The number of carbonyl (C=O) groups is 1. The first-order valence-electron chi connectivity index (χ1n) is 8.26. The minimum Gasteiger partial charge on any atom is -0.463 e. The zero-order valence-electron chi connectivity index (χ0n) is 14.8. The van der Waals surface area contributed by atoms with Crippen molar-refractivity contribution < 1.29 is 23.7 Å². The summed E-state index contributed by atoms with van der Waals surface area (Å²) in [6, 6.07) is 10.1. The van der Waals surface area contributed by atoms with E-state index < -0.39 is 0 Å². The predicted octanol–water partition coefficient (Wildman–Crippen LogP) is 3.48. The Hall–Kier alpha value is -1.69. The number of ether oxygens (including phenoxy) is 4. The van der Waals surface area contributed by atoms with E-state index in [4.69, 9.17) is 18.9 Å².